The molecule has 2 atom stereocenters. The zero-order chi connectivity index (χ0) is 17.5. The number of pyridine rings is 1. The molecule has 2 aromatic rings. The normalized spacial score (nSPS) is 17.3. The van der Waals surface area contributed by atoms with E-state index in [1.165, 1.54) is 12.8 Å². The molecule has 2 unspecified atom stereocenters. The molecule has 1 amide bonds. The van der Waals surface area contributed by atoms with Gasteiger partial charge in [-0.25, -0.2) is 4.98 Å². The summed E-state index contributed by atoms with van der Waals surface area (Å²) in [4.78, 5) is 21.1. The van der Waals surface area contributed by atoms with Gasteiger partial charge in [-0.15, -0.1) is 36.2 Å². The Labute approximate surface area is 177 Å². The fraction of sp³-hybridized carbons (Fsp3) is 0.526. The molecule has 1 saturated heterocycles. The quantitative estimate of drug-likeness (QED) is 0.701. The van der Waals surface area contributed by atoms with Crippen molar-refractivity contribution in [1.29, 1.82) is 0 Å². The largest absolute Gasteiger partial charge is 0.356 e. The minimum atomic E-state index is 0. The van der Waals surface area contributed by atoms with Gasteiger partial charge in [-0.2, -0.15) is 0 Å². The van der Waals surface area contributed by atoms with E-state index in [0.717, 1.165) is 35.9 Å². The van der Waals surface area contributed by atoms with Gasteiger partial charge in [0.05, 0.1) is 16.4 Å². The van der Waals surface area contributed by atoms with Crippen molar-refractivity contribution < 1.29 is 4.79 Å². The number of carbonyl (C=O) groups is 1. The molecule has 8 heteroatoms. The molecule has 5 nitrogen and oxygen atoms in total. The van der Waals surface area contributed by atoms with Crippen LogP contribution in [0.15, 0.2) is 29.8 Å². The van der Waals surface area contributed by atoms with Gasteiger partial charge < -0.3 is 10.6 Å². The Kier molecular flexibility index (Phi) is 10.8. The molecule has 0 bridgehead atoms. The monoisotopic (exact) mass is 430 g/mol. The number of nitrogens with zero attached hydrogens (tertiary/aromatic N) is 2. The molecule has 3 rings (SSSR count). The van der Waals surface area contributed by atoms with Gasteiger partial charge >= 0.3 is 0 Å². The molecule has 2 aromatic heterocycles. The molecule has 0 aromatic carbocycles. The van der Waals surface area contributed by atoms with Gasteiger partial charge in [0.2, 0.25) is 5.91 Å². The Morgan fingerprint density at radius 3 is 2.93 bits per heavy atom. The molecule has 2 N–H and O–H groups in total. The summed E-state index contributed by atoms with van der Waals surface area (Å²) < 4.78 is 0. The van der Waals surface area contributed by atoms with E-state index in [-0.39, 0.29) is 30.7 Å². The van der Waals surface area contributed by atoms with Gasteiger partial charge in [0.25, 0.3) is 0 Å². The van der Waals surface area contributed by atoms with Gasteiger partial charge in [0, 0.05) is 31.0 Å². The first-order valence-electron chi connectivity index (χ1n) is 9.05. The van der Waals surface area contributed by atoms with Crippen molar-refractivity contribution >= 4 is 42.1 Å². The summed E-state index contributed by atoms with van der Waals surface area (Å²) >= 11 is 1.62. The van der Waals surface area contributed by atoms with Crippen molar-refractivity contribution in [3.8, 4) is 11.4 Å². The second-order valence-corrected chi connectivity index (χ2v) is 7.67. The first-order valence-corrected chi connectivity index (χ1v) is 9.93. The van der Waals surface area contributed by atoms with Crippen LogP contribution >= 0.6 is 36.2 Å². The summed E-state index contributed by atoms with van der Waals surface area (Å²) in [5, 5.41) is 9.53. The highest BCUT2D eigenvalue weighted by atomic mass is 35.5. The number of hydrogen-bond acceptors (Lipinski definition) is 5. The van der Waals surface area contributed by atoms with Crippen molar-refractivity contribution in [1.82, 2.24) is 20.6 Å². The number of nitrogens with one attached hydrogen (secondary N) is 2. The summed E-state index contributed by atoms with van der Waals surface area (Å²) in [6.07, 6.45) is 5.61. The standard InChI is InChI=1S/C19H26N4OS.2ClH/c1-14(15-5-4-8-20-12-15)11-18(24)22-10-7-19-23-17(13-25-19)16-6-2-3-9-21-16;;/h2-3,6,9,13-15,20H,4-5,7-8,10-12H2,1H3,(H,22,24);2*1H. The number of rotatable bonds is 7. The molecular weight excluding hydrogens is 403 g/mol. The zero-order valence-electron chi connectivity index (χ0n) is 15.5. The number of thiazole rings is 1. The van der Waals surface area contributed by atoms with Crippen molar-refractivity contribution in [2.45, 2.75) is 32.6 Å². The second-order valence-electron chi connectivity index (χ2n) is 6.73. The average Bonchev–Trinajstić information content (AvgIpc) is 3.12. The third-order valence-electron chi connectivity index (χ3n) is 4.79. The maximum absolute atomic E-state index is 12.2. The second kappa shape index (κ2) is 12.3. The number of halogens is 2. The van der Waals surface area contributed by atoms with Gasteiger partial charge in [-0.05, 0) is 49.9 Å². The summed E-state index contributed by atoms with van der Waals surface area (Å²) in [6, 6.07) is 5.82. The minimum Gasteiger partial charge on any atom is -0.356 e. The van der Waals surface area contributed by atoms with E-state index >= 15 is 0 Å². The first-order chi connectivity index (χ1) is 12.2. The Bertz CT molecular complexity index is 677. The smallest absolute Gasteiger partial charge is 0.220 e. The van der Waals surface area contributed by atoms with Gasteiger partial charge in [-0.3, -0.25) is 9.78 Å². The fourth-order valence-corrected chi connectivity index (χ4v) is 4.05. The van der Waals surface area contributed by atoms with Gasteiger partial charge in [-0.1, -0.05) is 13.0 Å². The minimum absolute atomic E-state index is 0. The number of carbonyl (C=O) groups excluding carboxylic acids is 1. The Hall–Kier alpha value is -1.21. The Morgan fingerprint density at radius 2 is 2.22 bits per heavy atom. The van der Waals surface area contributed by atoms with Gasteiger partial charge in [0.1, 0.15) is 0 Å². The molecule has 150 valence electrons. The van der Waals surface area contributed by atoms with E-state index in [2.05, 4.69) is 27.5 Å². The van der Waals surface area contributed by atoms with E-state index in [4.69, 9.17) is 0 Å². The molecule has 1 aliphatic rings. The third-order valence-corrected chi connectivity index (χ3v) is 5.70. The summed E-state index contributed by atoms with van der Waals surface area (Å²) in [6.45, 7) is 4.99. The zero-order valence-corrected chi connectivity index (χ0v) is 18.0. The molecule has 3 heterocycles. The van der Waals surface area contributed by atoms with Crippen LogP contribution in [0.4, 0.5) is 0 Å². The lowest BCUT2D eigenvalue weighted by molar-refractivity contribution is -0.122. The molecule has 1 fully saturated rings. The number of amides is 1. The van der Waals surface area contributed by atoms with Crippen LogP contribution in [0, 0.1) is 11.8 Å². The molecule has 0 aliphatic carbocycles. The van der Waals surface area contributed by atoms with Crippen LogP contribution in [0.2, 0.25) is 0 Å². The highest BCUT2D eigenvalue weighted by Crippen LogP contribution is 2.22. The van der Waals surface area contributed by atoms with Crippen molar-refractivity contribution in [2.24, 2.45) is 11.8 Å². The first kappa shape index (κ1) is 23.8. The van der Waals surface area contributed by atoms with Crippen LogP contribution in [0.1, 0.15) is 31.2 Å². The van der Waals surface area contributed by atoms with Crippen LogP contribution in [0.25, 0.3) is 11.4 Å². The Balaban J connectivity index is 0.00000182. The highest BCUT2D eigenvalue weighted by molar-refractivity contribution is 7.09. The SMILES string of the molecule is CC(CC(=O)NCCc1nc(-c2ccccn2)cs1)C1CCCNC1.Cl.Cl. The average molecular weight is 431 g/mol. The molecule has 1 aliphatic heterocycles. The van der Waals surface area contributed by atoms with Crippen LogP contribution in [-0.4, -0.2) is 35.5 Å². The number of hydrogen-bond donors (Lipinski definition) is 2. The van der Waals surface area contributed by atoms with Crippen LogP contribution < -0.4 is 10.6 Å². The van der Waals surface area contributed by atoms with Crippen LogP contribution in [-0.2, 0) is 11.2 Å². The Morgan fingerprint density at radius 1 is 1.37 bits per heavy atom. The van der Waals surface area contributed by atoms with Crippen molar-refractivity contribution in [3.05, 3.63) is 34.8 Å². The van der Waals surface area contributed by atoms with Crippen LogP contribution in [0.3, 0.4) is 0 Å². The van der Waals surface area contributed by atoms with E-state index in [1.807, 2.05) is 23.6 Å². The summed E-state index contributed by atoms with van der Waals surface area (Å²) in [5.74, 6) is 1.21. The third kappa shape index (κ3) is 7.37. The predicted octanol–water partition coefficient (Wildman–Crippen LogP) is 3.73. The number of piperidine rings is 1. The van der Waals surface area contributed by atoms with Crippen LogP contribution in [0.5, 0.6) is 0 Å². The van der Waals surface area contributed by atoms with Gasteiger partial charge in [0.15, 0.2) is 0 Å². The predicted molar refractivity (Wildman–Crippen MR) is 116 cm³/mol. The van der Waals surface area contributed by atoms with E-state index in [0.29, 0.717) is 24.8 Å². The summed E-state index contributed by atoms with van der Waals surface area (Å²) in [7, 11) is 0. The maximum Gasteiger partial charge on any atom is 0.220 e. The maximum atomic E-state index is 12.2. The molecule has 0 saturated carbocycles. The topological polar surface area (TPSA) is 66.9 Å². The van der Waals surface area contributed by atoms with E-state index in [9.17, 15) is 4.79 Å². The lowest BCUT2D eigenvalue weighted by Gasteiger charge is -2.28. The molecule has 0 spiro atoms. The van der Waals surface area contributed by atoms with Crippen molar-refractivity contribution in [2.75, 3.05) is 19.6 Å². The fourth-order valence-electron chi connectivity index (χ4n) is 3.26. The molecular formula is C19H28Cl2N4OS. The lowest BCUT2D eigenvalue weighted by Crippen LogP contribution is -2.36. The van der Waals surface area contributed by atoms with Crippen molar-refractivity contribution in [3.63, 3.8) is 0 Å². The highest BCUT2D eigenvalue weighted by Gasteiger charge is 2.21. The van der Waals surface area contributed by atoms with E-state index in [1.54, 1.807) is 17.5 Å². The lowest BCUT2D eigenvalue weighted by atomic mass is 9.85. The molecule has 27 heavy (non-hydrogen) atoms. The summed E-state index contributed by atoms with van der Waals surface area (Å²) in [5.41, 5.74) is 1.80. The van der Waals surface area contributed by atoms with E-state index < -0.39 is 0 Å². The number of aromatic nitrogens is 2. The molecule has 0 radical (unpaired) electrons.